The van der Waals surface area contributed by atoms with Crippen LogP contribution in [0.15, 0.2) is 36.4 Å². The first kappa shape index (κ1) is 11.3. The van der Waals surface area contributed by atoms with Gasteiger partial charge in [0.25, 0.3) is 0 Å². The van der Waals surface area contributed by atoms with Gasteiger partial charge in [-0.1, -0.05) is 18.7 Å². The predicted octanol–water partition coefficient (Wildman–Crippen LogP) is 1.87. The molecule has 0 heterocycles. The maximum atomic E-state index is 9.68. The summed E-state index contributed by atoms with van der Waals surface area (Å²) in [6, 6.07) is 9.22. The molecule has 0 saturated carbocycles. The van der Waals surface area contributed by atoms with Crippen molar-refractivity contribution in [1.29, 1.82) is 5.26 Å². The van der Waals surface area contributed by atoms with Gasteiger partial charge in [0.05, 0.1) is 11.6 Å². The van der Waals surface area contributed by atoms with Crippen molar-refractivity contribution in [2.75, 3.05) is 19.0 Å². The van der Waals surface area contributed by atoms with Crippen LogP contribution in [0, 0.1) is 11.3 Å². The molecule has 0 amide bonds. The van der Waals surface area contributed by atoms with Gasteiger partial charge in [0.2, 0.25) is 0 Å². The maximum Gasteiger partial charge on any atom is 0.113 e. The highest BCUT2D eigenvalue weighted by Crippen LogP contribution is 2.22. The van der Waals surface area contributed by atoms with Crippen LogP contribution >= 0.6 is 0 Å². The average Bonchev–Trinajstić information content (AvgIpc) is 2.27. The van der Waals surface area contributed by atoms with E-state index in [0.29, 0.717) is 5.56 Å². The van der Waals surface area contributed by atoms with E-state index >= 15 is 0 Å². The lowest BCUT2D eigenvalue weighted by Gasteiger charge is -2.14. The molecule has 1 unspecified atom stereocenters. The summed E-state index contributed by atoms with van der Waals surface area (Å²) in [4.78, 5) is 1.97. The van der Waals surface area contributed by atoms with Crippen LogP contribution in [0.4, 0.5) is 5.69 Å². The smallest absolute Gasteiger partial charge is 0.113 e. The van der Waals surface area contributed by atoms with Crippen LogP contribution < -0.4 is 4.90 Å². The second kappa shape index (κ2) is 4.63. The van der Waals surface area contributed by atoms with Crippen molar-refractivity contribution < 1.29 is 5.11 Å². The highest BCUT2D eigenvalue weighted by Gasteiger charge is 2.10. The van der Waals surface area contributed by atoms with Crippen LogP contribution in [0.3, 0.4) is 0 Å². The zero-order valence-electron chi connectivity index (χ0n) is 8.94. The van der Waals surface area contributed by atoms with Gasteiger partial charge in [-0.15, -0.1) is 0 Å². The van der Waals surface area contributed by atoms with Crippen LogP contribution in [0.5, 0.6) is 0 Å². The van der Waals surface area contributed by atoms with E-state index in [2.05, 4.69) is 6.58 Å². The van der Waals surface area contributed by atoms with Gasteiger partial charge in [-0.3, -0.25) is 0 Å². The third-order valence-corrected chi connectivity index (χ3v) is 2.20. The van der Waals surface area contributed by atoms with Crippen molar-refractivity contribution in [3.05, 3.63) is 42.0 Å². The number of hydrogen-bond donors (Lipinski definition) is 1. The Bertz CT molecular complexity index is 387. The lowest BCUT2D eigenvalue weighted by atomic mass is 10.0. The molecule has 0 aliphatic rings. The summed E-state index contributed by atoms with van der Waals surface area (Å²) in [5.41, 5.74) is 1.90. The fraction of sp³-hybridized carbons (Fsp3) is 0.250. The molecule has 0 radical (unpaired) electrons. The van der Waals surface area contributed by atoms with Gasteiger partial charge in [0.15, 0.2) is 0 Å². The van der Waals surface area contributed by atoms with E-state index in [1.807, 2.05) is 37.2 Å². The van der Waals surface area contributed by atoms with Gasteiger partial charge in [0, 0.05) is 19.8 Å². The highest BCUT2D eigenvalue weighted by atomic mass is 16.3. The van der Waals surface area contributed by atoms with Crippen LogP contribution in [0.25, 0.3) is 0 Å². The molecule has 0 aliphatic heterocycles. The lowest BCUT2D eigenvalue weighted by molar-refractivity contribution is 0.221. The van der Waals surface area contributed by atoms with E-state index in [-0.39, 0.29) is 5.57 Å². The number of hydrogen-bond acceptors (Lipinski definition) is 3. The summed E-state index contributed by atoms with van der Waals surface area (Å²) in [7, 11) is 3.89. The third kappa shape index (κ3) is 2.58. The molecule has 3 heteroatoms. The quantitative estimate of drug-likeness (QED) is 0.761. The highest BCUT2D eigenvalue weighted by molar-refractivity contribution is 5.47. The molecular formula is C12H14N2O. The lowest BCUT2D eigenvalue weighted by Crippen LogP contribution is -2.08. The molecule has 15 heavy (non-hydrogen) atoms. The van der Waals surface area contributed by atoms with Gasteiger partial charge in [0.1, 0.15) is 6.10 Å². The fourth-order valence-electron chi connectivity index (χ4n) is 1.22. The largest absolute Gasteiger partial charge is 0.383 e. The van der Waals surface area contributed by atoms with Crippen molar-refractivity contribution >= 4 is 5.69 Å². The zero-order valence-corrected chi connectivity index (χ0v) is 8.94. The second-order valence-corrected chi connectivity index (χ2v) is 3.53. The minimum Gasteiger partial charge on any atom is -0.383 e. The van der Waals surface area contributed by atoms with Crippen molar-refractivity contribution in [3.63, 3.8) is 0 Å². The maximum absolute atomic E-state index is 9.68. The number of nitriles is 1. The van der Waals surface area contributed by atoms with E-state index in [0.717, 1.165) is 5.69 Å². The molecule has 1 aromatic rings. The Labute approximate surface area is 89.9 Å². The average molecular weight is 202 g/mol. The van der Waals surface area contributed by atoms with E-state index in [1.54, 1.807) is 12.1 Å². The SMILES string of the molecule is C=C(C#N)C(O)c1ccc(N(C)C)cc1. The molecule has 1 N–H and O–H groups in total. The van der Waals surface area contributed by atoms with Gasteiger partial charge in [-0.25, -0.2) is 0 Å². The number of benzene rings is 1. The first-order chi connectivity index (χ1) is 7.06. The first-order valence-electron chi connectivity index (χ1n) is 4.60. The standard InChI is InChI=1S/C12H14N2O/c1-9(8-13)12(15)10-4-6-11(7-5-10)14(2)3/h4-7,12,15H,1H2,2-3H3. The zero-order chi connectivity index (χ0) is 11.4. The fourth-order valence-corrected chi connectivity index (χ4v) is 1.22. The van der Waals surface area contributed by atoms with Crippen molar-refractivity contribution in [2.45, 2.75) is 6.10 Å². The molecule has 1 aromatic carbocycles. The Morgan fingerprint density at radius 1 is 1.40 bits per heavy atom. The number of aliphatic hydroxyl groups is 1. The Kier molecular flexibility index (Phi) is 3.48. The monoisotopic (exact) mass is 202 g/mol. The summed E-state index contributed by atoms with van der Waals surface area (Å²) in [6.45, 7) is 3.49. The Hall–Kier alpha value is -1.79. The molecule has 0 fully saturated rings. The molecule has 1 rings (SSSR count). The topological polar surface area (TPSA) is 47.3 Å². The van der Waals surface area contributed by atoms with E-state index in [1.165, 1.54) is 0 Å². The summed E-state index contributed by atoms with van der Waals surface area (Å²) in [5, 5.41) is 18.3. The molecule has 0 aliphatic carbocycles. The summed E-state index contributed by atoms with van der Waals surface area (Å²) < 4.78 is 0. The molecule has 1 atom stereocenters. The molecule has 3 nitrogen and oxygen atoms in total. The second-order valence-electron chi connectivity index (χ2n) is 3.53. The van der Waals surface area contributed by atoms with Crippen LogP contribution in [-0.4, -0.2) is 19.2 Å². The van der Waals surface area contributed by atoms with Gasteiger partial charge in [-0.05, 0) is 17.7 Å². The predicted molar refractivity (Wildman–Crippen MR) is 60.5 cm³/mol. The molecular weight excluding hydrogens is 188 g/mol. The molecule has 78 valence electrons. The van der Waals surface area contributed by atoms with Crippen molar-refractivity contribution in [3.8, 4) is 6.07 Å². The number of aliphatic hydroxyl groups excluding tert-OH is 1. The molecule has 0 spiro atoms. The summed E-state index contributed by atoms with van der Waals surface area (Å²) in [6.07, 6.45) is -0.897. The Morgan fingerprint density at radius 2 is 1.93 bits per heavy atom. The minimum atomic E-state index is -0.897. The van der Waals surface area contributed by atoms with E-state index in [9.17, 15) is 5.11 Å². The Morgan fingerprint density at radius 3 is 2.33 bits per heavy atom. The third-order valence-electron chi connectivity index (χ3n) is 2.20. The normalized spacial score (nSPS) is 11.6. The van der Waals surface area contributed by atoms with E-state index < -0.39 is 6.10 Å². The van der Waals surface area contributed by atoms with Gasteiger partial charge < -0.3 is 10.0 Å². The minimum absolute atomic E-state index is 0.160. The molecule has 0 saturated heterocycles. The van der Waals surface area contributed by atoms with Gasteiger partial charge >= 0.3 is 0 Å². The first-order valence-corrected chi connectivity index (χ1v) is 4.60. The van der Waals surface area contributed by atoms with Gasteiger partial charge in [-0.2, -0.15) is 5.26 Å². The van der Waals surface area contributed by atoms with E-state index in [4.69, 9.17) is 5.26 Å². The Balaban J connectivity index is 2.90. The summed E-state index contributed by atoms with van der Waals surface area (Å²) >= 11 is 0. The van der Waals surface area contributed by atoms with Crippen LogP contribution in [0.1, 0.15) is 11.7 Å². The van der Waals surface area contributed by atoms with Crippen molar-refractivity contribution in [1.82, 2.24) is 0 Å². The summed E-state index contributed by atoms with van der Waals surface area (Å²) in [5.74, 6) is 0. The molecule has 0 bridgehead atoms. The number of rotatable bonds is 3. The molecule has 0 aromatic heterocycles. The van der Waals surface area contributed by atoms with Crippen LogP contribution in [-0.2, 0) is 0 Å². The number of anilines is 1. The van der Waals surface area contributed by atoms with Crippen molar-refractivity contribution in [2.24, 2.45) is 0 Å². The number of nitrogens with zero attached hydrogens (tertiary/aromatic N) is 2. The van der Waals surface area contributed by atoms with Crippen LogP contribution in [0.2, 0.25) is 0 Å².